The number of aldehydes is 1. The maximum Gasteiger partial charge on any atom is 0.120 e. The zero-order valence-corrected chi connectivity index (χ0v) is 10.5. The van der Waals surface area contributed by atoms with Crippen molar-refractivity contribution in [3.63, 3.8) is 0 Å². The van der Waals surface area contributed by atoms with Crippen LogP contribution in [0.1, 0.15) is 44.9 Å². The summed E-state index contributed by atoms with van der Waals surface area (Å²) in [5.74, 6) is 0. The number of hydrogen-bond donors (Lipinski definition) is 4. The smallest absolute Gasteiger partial charge is 0.120 e. The van der Waals surface area contributed by atoms with Crippen molar-refractivity contribution in [2.24, 2.45) is 5.73 Å². The highest BCUT2D eigenvalue weighted by Gasteiger charge is 2.12. The maximum atomic E-state index is 10.2. The van der Waals surface area contributed by atoms with Crippen LogP contribution >= 0.6 is 0 Å². The van der Waals surface area contributed by atoms with E-state index < -0.39 is 6.23 Å². The van der Waals surface area contributed by atoms with Crippen molar-refractivity contribution in [3.05, 3.63) is 0 Å². The Morgan fingerprint density at radius 3 is 2.47 bits per heavy atom. The molecule has 0 aromatic carbocycles. The number of hydrogen-bond acceptors (Lipinski definition) is 5. The summed E-state index contributed by atoms with van der Waals surface area (Å²) in [6.07, 6.45) is 5.46. The predicted octanol–water partition coefficient (Wildman–Crippen LogP) is 0.144. The molecule has 0 heterocycles. The van der Waals surface area contributed by atoms with Gasteiger partial charge in [-0.25, -0.2) is 0 Å². The number of aliphatic hydroxyl groups excluding tert-OH is 2. The molecule has 5 heteroatoms. The summed E-state index contributed by atoms with van der Waals surface area (Å²) in [5, 5.41) is 21.5. The van der Waals surface area contributed by atoms with Crippen LogP contribution in [0, 0.1) is 0 Å². The number of carbonyl (C=O) groups excluding carboxylic acids is 1. The van der Waals surface area contributed by atoms with Crippen LogP contribution in [0.15, 0.2) is 0 Å². The van der Waals surface area contributed by atoms with Crippen molar-refractivity contribution >= 4 is 6.29 Å². The van der Waals surface area contributed by atoms with Crippen LogP contribution < -0.4 is 11.1 Å². The first-order chi connectivity index (χ1) is 8.24. The fourth-order valence-corrected chi connectivity index (χ4v) is 1.77. The van der Waals surface area contributed by atoms with E-state index in [1.807, 2.05) is 0 Å². The molecule has 102 valence electrons. The van der Waals surface area contributed by atoms with Crippen LogP contribution in [0.5, 0.6) is 0 Å². The SMILES string of the molecule is NCCCCC(CCCO)NC(O)CCC=O. The summed E-state index contributed by atoms with van der Waals surface area (Å²) in [6.45, 7) is 0.847. The summed E-state index contributed by atoms with van der Waals surface area (Å²) < 4.78 is 0. The first-order valence-corrected chi connectivity index (χ1v) is 6.43. The van der Waals surface area contributed by atoms with Crippen molar-refractivity contribution in [2.45, 2.75) is 57.2 Å². The van der Waals surface area contributed by atoms with Crippen LogP contribution in [-0.2, 0) is 4.79 Å². The van der Waals surface area contributed by atoms with Crippen LogP contribution in [0.3, 0.4) is 0 Å². The second-order valence-electron chi connectivity index (χ2n) is 4.27. The molecule has 0 radical (unpaired) electrons. The van der Waals surface area contributed by atoms with Gasteiger partial charge in [-0.15, -0.1) is 0 Å². The molecule has 2 atom stereocenters. The third-order valence-corrected chi connectivity index (χ3v) is 2.70. The van der Waals surface area contributed by atoms with Gasteiger partial charge in [0.1, 0.15) is 12.5 Å². The van der Waals surface area contributed by atoms with Gasteiger partial charge in [0, 0.05) is 19.1 Å². The average molecular weight is 246 g/mol. The molecule has 2 unspecified atom stereocenters. The number of nitrogens with one attached hydrogen (secondary N) is 1. The molecule has 0 rings (SSSR count). The predicted molar refractivity (Wildman–Crippen MR) is 67.5 cm³/mol. The molecule has 0 aromatic rings. The van der Waals surface area contributed by atoms with E-state index in [2.05, 4.69) is 5.32 Å². The van der Waals surface area contributed by atoms with Gasteiger partial charge in [-0.05, 0) is 38.6 Å². The second kappa shape index (κ2) is 12.0. The van der Waals surface area contributed by atoms with Crippen LogP contribution in [0.4, 0.5) is 0 Å². The van der Waals surface area contributed by atoms with E-state index in [1.165, 1.54) is 0 Å². The van der Waals surface area contributed by atoms with E-state index in [9.17, 15) is 9.90 Å². The van der Waals surface area contributed by atoms with Gasteiger partial charge in [0.15, 0.2) is 0 Å². The van der Waals surface area contributed by atoms with Crippen molar-refractivity contribution in [3.8, 4) is 0 Å². The van der Waals surface area contributed by atoms with E-state index in [4.69, 9.17) is 10.8 Å². The molecule has 0 amide bonds. The molecule has 0 spiro atoms. The monoisotopic (exact) mass is 246 g/mol. The number of nitrogens with two attached hydrogens (primary N) is 1. The topological polar surface area (TPSA) is 95.6 Å². The minimum atomic E-state index is -0.637. The summed E-state index contributed by atoms with van der Waals surface area (Å²) in [4.78, 5) is 10.2. The minimum absolute atomic E-state index is 0.166. The summed E-state index contributed by atoms with van der Waals surface area (Å²) in [5.41, 5.74) is 5.43. The lowest BCUT2D eigenvalue weighted by Crippen LogP contribution is -2.38. The Hall–Kier alpha value is -0.490. The normalized spacial score (nSPS) is 14.5. The molecule has 0 aliphatic carbocycles. The Bertz CT molecular complexity index is 179. The molecule has 0 aliphatic rings. The quantitative estimate of drug-likeness (QED) is 0.223. The number of unbranched alkanes of at least 4 members (excludes halogenated alkanes) is 1. The van der Waals surface area contributed by atoms with E-state index >= 15 is 0 Å². The highest BCUT2D eigenvalue weighted by molar-refractivity contribution is 5.49. The molecule has 0 fully saturated rings. The third kappa shape index (κ3) is 10.4. The lowest BCUT2D eigenvalue weighted by Gasteiger charge is -2.22. The zero-order chi connectivity index (χ0) is 12.9. The van der Waals surface area contributed by atoms with Gasteiger partial charge in [0.05, 0.1) is 0 Å². The fourth-order valence-electron chi connectivity index (χ4n) is 1.77. The second-order valence-corrected chi connectivity index (χ2v) is 4.27. The maximum absolute atomic E-state index is 10.2. The highest BCUT2D eigenvalue weighted by atomic mass is 16.3. The summed E-state index contributed by atoms with van der Waals surface area (Å²) in [7, 11) is 0. The first kappa shape index (κ1) is 16.5. The summed E-state index contributed by atoms with van der Waals surface area (Å²) in [6, 6.07) is 0.190. The summed E-state index contributed by atoms with van der Waals surface area (Å²) >= 11 is 0. The Balaban J connectivity index is 3.84. The van der Waals surface area contributed by atoms with Crippen molar-refractivity contribution in [2.75, 3.05) is 13.2 Å². The molecular formula is C12H26N2O3. The number of aliphatic hydroxyl groups is 2. The first-order valence-electron chi connectivity index (χ1n) is 6.43. The molecule has 17 heavy (non-hydrogen) atoms. The molecule has 0 saturated heterocycles. The van der Waals surface area contributed by atoms with Crippen LogP contribution in [0.2, 0.25) is 0 Å². The molecule has 5 N–H and O–H groups in total. The molecule has 0 aromatic heterocycles. The van der Waals surface area contributed by atoms with Gasteiger partial charge >= 0.3 is 0 Å². The molecule has 0 bridgehead atoms. The van der Waals surface area contributed by atoms with Gasteiger partial charge in [0.2, 0.25) is 0 Å². The van der Waals surface area contributed by atoms with E-state index in [0.717, 1.165) is 38.4 Å². The fraction of sp³-hybridized carbons (Fsp3) is 0.917. The highest BCUT2D eigenvalue weighted by Crippen LogP contribution is 2.08. The van der Waals surface area contributed by atoms with Gasteiger partial charge < -0.3 is 20.7 Å². The van der Waals surface area contributed by atoms with Gasteiger partial charge in [0.25, 0.3) is 0 Å². The Morgan fingerprint density at radius 2 is 1.88 bits per heavy atom. The van der Waals surface area contributed by atoms with E-state index in [-0.39, 0.29) is 12.6 Å². The van der Waals surface area contributed by atoms with Gasteiger partial charge in [-0.3, -0.25) is 5.32 Å². The lowest BCUT2D eigenvalue weighted by atomic mass is 10.0. The van der Waals surface area contributed by atoms with Gasteiger partial charge in [-0.2, -0.15) is 0 Å². The lowest BCUT2D eigenvalue weighted by molar-refractivity contribution is -0.108. The number of carbonyl (C=O) groups is 1. The Labute approximate surface area is 103 Å². The molecule has 0 aliphatic heterocycles. The van der Waals surface area contributed by atoms with Crippen LogP contribution in [0.25, 0.3) is 0 Å². The third-order valence-electron chi connectivity index (χ3n) is 2.70. The number of rotatable bonds is 12. The standard InChI is InChI=1S/C12H26N2O3/c13-8-2-1-5-11(6-3-9-15)14-12(17)7-4-10-16/h10-12,14-15,17H,1-9,13H2. The Morgan fingerprint density at radius 1 is 1.18 bits per heavy atom. The zero-order valence-electron chi connectivity index (χ0n) is 10.5. The van der Waals surface area contributed by atoms with Gasteiger partial charge in [-0.1, -0.05) is 6.42 Å². The van der Waals surface area contributed by atoms with E-state index in [0.29, 0.717) is 19.4 Å². The van der Waals surface area contributed by atoms with Crippen LogP contribution in [-0.4, -0.2) is 41.9 Å². The van der Waals surface area contributed by atoms with E-state index in [1.54, 1.807) is 0 Å². The molecular weight excluding hydrogens is 220 g/mol. The molecule has 0 saturated carbocycles. The van der Waals surface area contributed by atoms with Crippen molar-refractivity contribution in [1.29, 1.82) is 0 Å². The minimum Gasteiger partial charge on any atom is -0.396 e. The Kier molecular flexibility index (Phi) is 11.6. The van der Waals surface area contributed by atoms with Crippen molar-refractivity contribution < 1.29 is 15.0 Å². The van der Waals surface area contributed by atoms with Crippen molar-refractivity contribution in [1.82, 2.24) is 5.32 Å². The largest absolute Gasteiger partial charge is 0.396 e. The average Bonchev–Trinajstić information content (AvgIpc) is 2.33. The molecule has 5 nitrogen and oxygen atoms in total.